The number of benzene rings is 2. The molecule has 0 bridgehead atoms. The summed E-state index contributed by atoms with van der Waals surface area (Å²) in [6, 6.07) is 6.06. The van der Waals surface area contributed by atoms with E-state index in [1.54, 1.807) is 13.8 Å². The van der Waals surface area contributed by atoms with Gasteiger partial charge in [0.25, 0.3) is 0 Å². The van der Waals surface area contributed by atoms with Crippen LogP contribution < -0.4 is 4.74 Å². The van der Waals surface area contributed by atoms with Crippen LogP contribution in [0.4, 0.5) is 8.78 Å². The second-order valence-corrected chi connectivity index (χ2v) is 5.54. The van der Waals surface area contributed by atoms with E-state index in [1.807, 2.05) is 12.1 Å². The lowest BCUT2D eigenvalue weighted by atomic mass is 10.0. The number of carboxylic acids is 1. The van der Waals surface area contributed by atoms with Crippen molar-refractivity contribution in [2.75, 3.05) is 0 Å². The molecular weight excluding hydrogens is 302 g/mol. The number of carboxylic acid groups (broad SMARTS) is 1. The smallest absolute Gasteiger partial charge is 0.303 e. The quantitative estimate of drug-likeness (QED) is 0.868. The minimum Gasteiger partial charge on any atom is -0.481 e. The SMILES string of the molecule is Cc1cc(CCC(=O)O)cc(C)c1Oc1ccc(F)c(C)c1F. The molecule has 0 atom stereocenters. The second-order valence-electron chi connectivity index (χ2n) is 5.54. The Bertz CT molecular complexity index is 731. The zero-order valence-corrected chi connectivity index (χ0v) is 13.2. The molecule has 0 aromatic heterocycles. The van der Waals surface area contributed by atoms with Crippen LogP contribution >= 0.6 is 0 Å². The lowest BCUT2D eigenvalue weighted by Gasteiger charge is -2.15. The maximum absolute atomic E-state index is 14.1. The Morgan fingerprint density at radius 2 is 1.74 bits per heavy atom. The van der Waals surface area contributed by atoms with E-state index in [0.717, 1.165) is 16.7 Å². The van der Waals surface area contributed by atoms with Gasteiger partial charge >= 0.3 is 5.97 Å². The summed E-state index contributed by atoms with van der Waals surface area (Å²) in [7, 11) is 0. The molecule has 0 aliphatic carbocycles. The molecule has 0 saturated carbocycles. The first-order chi connectivity index (χ1) is 10.8. The van der Waals surface area contributed by atoms with E-state index in [9.17, 15) is 13.6 Å². The molecular formula is C18H18F2O3. The van der Waals surface area contributed by atoms with Gasteiger partial charge in [-0.2, -0.15) is 0 Å². The Kier molecular flexibility index (Phi) is 4.98. The fraction of sp³-hybridized carbons (Fsp3) is 0.278. The summed E-state index contributed by atoms with van der Waals surface area (Å²) in [6.07, 6.45) is 0.464. The van der Waals surface area contributed by atoms with Gasteiger partial charge in [0.05, 0.1) is 0 Å². The van der Waals surface area contributed by atoms with Crippen LogP contribution in [-0.2, 0) is 11.2 Å². The zero-order chi connectivity index (χ0) is 17.1. The molecule has 2 rings (SSSR count). The van der Waals surface area contributed by atoms with Gasteiger partial charge in [0.2, 0.25) is 0 Å². The van der Waals surface area contributed by atoms with E-state index in [1.165, 1.54) is 19.1 Å². The Hall–Kier alpha value is -2.43. The van der Waals surface area contributed by atoms with Crippen molar-refractivity contribution in [3.8, 4) is 11.5 Å². The molecule has 2 aromatic carbocycles. The first kappa shape index (κ1) is 16.9. The maximum atomic E-state index is 14.1. The van der Waals surface area contributed by atoms with E-state index >= 15 is 0 Å². The minimum atomic E-state index is -0.857. The van der Waals surface area contributed by atoms with E-state index in [-0.39, 0.29) is 17.7 Å². The Morgan fingerprint density at radius 3 is 2.30 bits per heavy atom. The van der Waals surface area contributed by atoms with E-state index in [0.29, 0.717) is 12.2 Å². The van der Waals surface area contributed by atoms with E-state index in [2.05, 4.69) is 0 Å². The zero-order valence-electron chi connectivity index (χ0n) is 13.2. The van der Waals surface area contributed by atoms with Crippen LogP contribution in [0.1, 0.15) is 28.7 Å². The van der Waals surface area contributed by atoms with Crippen LogP contribution in [-0.4, -0.2) is 11.1 Å². The molecule has 0 radical (unpaired) electrons. The van der Waals surface area contributed by atoms with Crippen molar-refractivity contribution in [1.29, 1.82) is 0 Å². The molecule has 2 aromatic rings. The summed E-state index contributed by atoms with van der Waals surface area (Å²) < 4.78 is 33.0. The van der Waals surface area contributed by atoms with Gasteiger partial charge in [-0.1, -0.05) is 12.1 Å². The van der Waals surface area contributed by atoms with Gasteiger partial charge in [-0.15, -0.1) is 0 Å². The number of rotatable bonds is 5. The molecule has 0 amide bonds. The lowest BCUT2D eigenvalue weighted by molar-refractivity contribution is -0.136. The highest BCUT2D eigenvalue weighted by atomic mass is 19.1. The molecule has 0 aliphatic rings. The number of hydrogen-bond acceptors (Lipinski definition) is 2. The molecule has 0 fully saturated rings. The molecule has 3 nitrogen and oxygen atoms in total. The number of hydrogen-bond donors (Lipinski definition) is 1. The number of aryl methyl sites for hydroxylation is 3. The van der Waals surface area contributed by atoms with Crippen LogP contribution in [0, 0.1) is 32.4 Å². The predicted molar refractivity (Wildman–Crippen MR) is 83.0 cm³/mol. The topological polar surface area (TPSA) is 46.5 Å². The molecule has 5 heteroatoms. The summed E-state index contributed by atoms with van der Waals surface area (Å²) in [5.74, 6) is -1.74. The third kappa shape index (κ3) is 3.86. The molecule has 0 unspecified atom stereocenters. The summed E-state index contributed by atoms with van der Waals surface area (Å²) in [6.45, 7) is 4.97. The predicted octanol–water partition coefficient (Wildman–Crippen LogP) is 4.70. The molecule has 1 N–H and O–H groups in total. The van der Waals surface area contributed by atoms with Gasteiger partial charge in [-0.05, 0) is 56.0 Å². The van der Waals surface area contributed by atoms with Crippen LogP contribution in [0.5, 0.6) is 11.5 Å². The Balaban J connectivity index is 2.31. The van der Waals surface area contributed by atoms with Crippen molar-refractivity contribution in [1.82, 2.24) is 0 Å². The third-order valence-corrected chi connectivity index (χ3v) is 3.64. The third-order valence-electron chi connectivity index (χ3n) is 3.64. The highest BCUT2D eigenvalue weighted by molar-refractivity contribution is 5.67. The number of aliphatic carboxylic acids is 1. The summed E-state index contributed by atoms with van der Waals surface area (Å²) in [4.78, 5) is 10.7. The number of carbonyl (C=O) groups is 1. The molecule has 0 saturated heterocycles. The number of ether oxygens (including phenoxy) is 1. The van der Waals surface area contributed by atoms with Crippen LogP contribution in [0.25, 0.3) is 0 Å². The van der Waals surface area contributed by atoms with E-state index < -0.39 is 17.6 Å². The fourth-order valence-electron chi connectivity index (χ4n) is 2.42. The van der Waals surface area contributed by atoms with Crippen molar-refractivity contribution < 1.29 is 23.4 Å². The molecule has 0 aliphatic heterocycles. The number of halogens is 2. The van der Waals surface area contributed by atoms with Crippen molar-refractivity contribution in [3.63, 3.8) is 0 Å². The minimum absolute atomic E-state index is 0.0339. The van der Waals surface area contributed by atoms with Crippen molar-refractivity contribution >= 4 is 5.97 Å². The summed E-state index contributed by atoms with van der Waals surface area (Å²) >= 11 is 0. The summed E-state index contributed by atoms with van der Waals surface area (Å²) in [5, 5.41) is 8.74. The average Bonchev–Trinajstić information content (AvgIpc) is 2.48. The van der Waals surface area contributed by atoms with Gasteiger partial charge in [0, 0.05) is 12.0 Å². The van der Waals surface area contributed by atoms with Crippen LogP contribution in [0.3, 0.4) is 0 Å². The largest absolute Gasteiger partial charge is 0.481 e. The highest BCUT2D eigenvalue weighted by Gasteiger charge is 2.14. The lowest BCUT2D eigenvalue weighted by Crippen LogP contribution is -2.00. The maximum Gasteiger partial charge on any atom is 0.303 e. The van der Waals surface area contributed by atoms with Gasteiger partial charge in [-0.3, -0.25) is 4.79 Å². The normalized spacial score (nSPS) is 10.7. The van der Waals surface area contributed by atoms with Crippen LogP contribution in [0.15, 0.2) is 24.3 Å². The highest BCUT2D eigenvalue weighted by Crippen LogP contribution is 2.33. The molecule has 0 spiro atoms. The molecule has 23 heavy (non-hydrogen) atoms. The molecule has 122 valence electrons. The average molecular weight is 320 g/mol. The van der Waals surface area contributed by atoms with Gasteiger partial charge in [-0.25, -0.2) is 8.78 Å². The Labute approximate surface area is 133 Å². The standard InChI is InChI=1S/C18H18F2O3/c1-10-8-13(4-7-16(21)22)9-11(2)18(10)23-15-6-5-14(19)12(3)17(15)20/h5-6,8-9H,4,7H2,1-3H3,(H,21,22). The monoisotopic (exact) mass is 320 g/mol. The molecule has 0 heterocycles. The Morgan fingerprint density at radius 1 is 1.13 bits per heavy atom. The van der Waals surface area contributed by atoms with Crippen molar-refractivity contribution in [2.24, 2.45) is 0 Å². The second kappa shape index (κ2) is 6.77. The van der Waals surface area contributed by atoms with Crippen molar-refractivity contribution in [2.45, 2.75) is 33.6 Å². The van der Waals surface area contributed by atoms with Gasteiger partial charge in [0.15, 0.2) is 11.6 Å². The van der Waals surface area contributed by atoms with Crippen LogP contribution in [0.2, 0.25) is 0 Å². The fourth-order valence-corrected chi connectivity index (χ4v) is 2.42. The first-order valence-corrected chi connectivity index (χ1v) is 7.24. The van der Waals surface area contributed by atoms with E-state index in [4.69, 9.17) is 9.84 Å². The first-order valence-electron chi connectivity index (χ1n) is 7.24. The summed E-state index contributed by atoms with van der Waals surface area (Å²) in [5.41, 5.74) is 2.33. The van der Waals surface area contributed by atoms with Crippen molar-refractivity contribution in [3.05, 3.63) is 58.2 Å². The van der Waals surface area contributed by atoms with Gasteiger partial charge < -0.3 is 9.84 Å². The van der Waals surface area contributed by atoms with Gasteiger partial charge in [0.1, 0.15) is 11.6 Å².